The molecule has 128 valence electrons. The van der Waals surface area contributed by atoms with Crippen molar-refractivity contribution in [2.45, 2.75) is 25.7 Å². The van der Waals surface area contributed by atoms with Gasteiger partial charge in [-0.2, -0.15) is 0 Å². The number of nitrogens with zero attached hydrogens (tertiary/aromatic N) is 1. The van der Waals surface area contributed by atoms with Crippen LogP contribution in [0.3, 0.4) is 0 Å². The van der Waals surface area contributed by atoms with Gasteiger partial charge < -0.3 is 4.74 Å². The molecular weight excluding hydrogens is 332 g/mol. The average Bonchev–Trinajstić information content (AvgIpc) is 2.48. The Bertz CT molecular complexity index is 817. The standard InChI is InChI=1S/C16H18N2O5S/c1-12(2)23-16-8-6-14(7-9-16)17-24(21,22)11-13-4-3-5-15(10-13)18(19)20/h3-10,12,17H,11H2,1-2H3. The molecule has 0 aliphatic rings. The molecule has 2 rings (SSSR count). The molecule has 0 saturated carbocycles. The molecule has 0 unspecified atom stereocenters. The maximum absolute atomic E-state index is 12.2. The molecule has 24 heavy (non-hydrogen) atoms. The molecule has 0 heterocycles. The fourth-order valence-electron chi connectivity index (χ4n) is 2.07. The van der Waals surface area contributed by atoms with Gasteiger partial charge in [0.05, 0.1) is 16.8 Å². The molecule has 7 nitrogen and oxygen atoms in total. The van der Waals surface area contributed by atoms with Gasteiger partial charge in [-0.25, -0.2) is 8.42 Å². The van der Waals surface area contributed by atoms with Gasteiger partial charge in [0.2, 0.25) is 10.0 Å². The van der Waals surface area contributed by atoms with Crippen LogP contribution >= 0.6 is 0 Å². The van der Waals surface area contributed by atoms with Crippen molar-refractivity contribution in [2.24, 2.45) is 0 Å². The molecule has 0 amide bonds. The molecule has 2 aromatic carbocycles. The van der Waals surface area contributed by atoms with Crippen LogP contribution in [0.15, 0.2) is 48.5 Å². The number of benzene rings is 2. The molecule has 0 aromatic heterocycles. The molecule has 8 heteroatoms. The van der Waals surface area contributed by atoms with E-state index < -0.39 is 14.9 Å². The highest BCUT2D eigenvalue weighted by Gasteiger charge is 2.14. The van der Waals surface area contributed by atoms with Crippen molar-refractivity contribution < 1.29 is 18.1 Å². The van der Waals surface area contributed by atoms with Crippen LogP contribution in [-0.4, -0.2) is 19.4 Å². The lowest BCUT2D eigenvalue weighted by molar-refractivity contribution is -0.384. The molecule has 0 spiro atoms. The number of anilines is 1. The Morgan fingerprint density at radius 3 is 2.42 bits per heavy atom. The first-order valence-electron chi connectivity index (χ1n) is 7.26. The van der Waals surface area contributed by atoms with Gasteiger partial charge in [0, 0.05) is 17.8 Å². The van der Waals surface area contributed by atoms with Gasteiger partial charge in [-0.05, 0) is 43.7 Å². The first-order valence-corrected chi connectivity index (χ1v) is 8.91. The van der Waals surface area contributed by atoms with E-state index in [0.717, 1.165) is 0 Å². The largest absolute Gasteiger partial charge is 0.491 e. The Kier molecular flexibility index (Phi) is 5.40. The highest BCUT2D eigenvalue weighted by atomic mass is 32.2. The van der Waals surface area contributed by atoms with Crippen LogP contribution in [-0.2, 0) is 15.8 Å². The van der Waals surface area contributed by atoms with E-state index in [-0.39, 0.29) is 17.5 Å². The van der Waals surface area contributed by atoms with Crippen LogP contribution < -0.4 is 9.46 Å². The number of sulfonamides is 1. The second-order valence-electron chi connectivity index (χ2n) is 5.48. The van der Waals surface area contributed by atoms with E-state index in [2.05, 4.69) is 4.72 Å². The molecule has 0 atom stereocenters. The molecule has 0 fully saturated rings. The second-order valence-corrected chi connectivity index (χ2v) is 7.20. The summed E-state index contributed by atoms with van der Waals surface area (Å²) in [5.41, 5.74) is 0.603. The maximum Gasteiger partial charge on any atom is 0.269 e. The van der Waals surface area contributed by atoms with Crippen molar-refractivity contribution in [3.8, 4) is 5.75 Å². The Morgan fingerprint density at radius 1 is 1.17 bits per heavy atom. The van der Waals surface area contributed by atoms with E-state index in [1.54, 1.807) is 24.3 Å². The predicted octanol–water partition coefficient (Wildman–Crippen LogP) is 3.32. The third-order valence-corrected chi connectivity index (χ3v) is 4.24. The van der Waals surface area contributed by atoms with Crippen molar-refractivity contribution in [3.05, 3.63) is 64.2 Å². The summed E-state index contributed by atoms with van der Waals surface area (Å²) in [6.07, 6.45) is 0.0291. The van der Waals surface area contributed by atoms with Crippen LogP contribution in [0, 0.1) is 10.1 Å². The lowest BCUT2D eigenvalue weighted by Crippen LogP contribution is -2.15. The van der Waals surface area contributed by atoms with Crippen LogP contribution in [0.5, 0.6) is 5.75 Å². The van der Waals surface area contributed by atoms with Gasteiger partial charge in [0.25, 0.3) is 5.69 Å². The summed E-state index contributed by atoms with van der Waals surface area (Å²) in [4.78, 5) is 10.2. The van der Waals surface area contributed by atoms with Crippen molar-refractivity contribution >= 4 is 21.4 Å². The Labute approximate surface area is 140 Å². The monoisotopic (exact) mass is 350 g/mol. The summed E-state index contributed by atoms with van der Waals surface area (Å²) < 4.78 is 32.3. The van der Waals surface area contributed by atoms with Crippen LogP contribution in [0.25, 0.3) is 0 Å². The van der Waals surface area contributed by atoms with Gasteiger partial charge in [0.15, 0.2) is 0 Å². The van der Waals surface area contributed by atoms with Gasteiger partial charge in [-0.3, -0.25) is 14.8 Å². The highest BCUT2D eigenvalue weighted by Crippen LogP contribution is 2.20. The molecule has 0 aliphatic carbocycles. The second kappa shape index (κ2) is 7.31. The summed E-state index contributed by atoms with van der Waals surface area (Å²) >= 11 is 0. The topological polar surface area (TPSA) is 98.5 Å². The fraction of sp³-hybridized carbons (Fsp3) is 0.250. The third kappa shape index (κ3) is 5.24. The van der Waals surface area contributed by atoms with Gasteiger partial charge >= 0.3 is 0 Å². The fourth-order valence-corrected chi connectivity index (χ4v) is 3.25. The van der Waals surface area contributed by atoms with Gasteiger partial charge in [-0.1, -0.05) is 12.1 Å². The minimum Gasteiger partial charge on any atom is -0.491 e. The normalized spacial score (nSPS) is 11.3. The molecule has 0 aliphatic heterocycles. The summed E-state index contributed by atoms with van der Waals surface area (Å²) in [5, 5.41) is 10.7. The van der Waals surface area contributed by atoms with Crippen molar-refractivity contribution in [1.29, 1.82) is 0 Å². The minimum absolute atomic E-state index is 0.0291. The number of non-ortho nitro benzene ring substituents is 1. The van der Waals surface area contributed by atoms with Crippen molar-refractivity contribution in [3.63, 3.8) is 0 Å². The Hall–Kier alpha value is -2.61. The first-order chi connectivity index (χ1) is 11.2. The number of hydrogen-bond acceptors (Lipinski definition) is 5. The zero-order valence-electron chi connectivity index (χ0n) is 13.3. The number of ether oxygens (including phenoxy) is 1. The molecule has 0 saturated heterocycles. The Morgan fingerprint density at radius 2 is 1.83 bits per heavy atom. The summed E-state index contributed by atoms with van der Waals surface area (Å²) in [5.74, 6) is 0.297. The average molecular weight is 350 g/mol. The van der Waals surface area contributed by atoms with Gasteiger partial charge in [-0.15, -0.1) is 0 Å². The molecule has 1 N–H and O–H groups in total. The highest BCUT2D eigenvalue weighted by molar-refractivity contribution is 7.91. The number of hydrogen-bond donors (Lipinski definition) is 1. The molecule has 2 aromatic rings. The Balaban J connectivity index is 2.08. The van der Waals surface area contributed by atoms with E-state index in [0.29, 0.717) is 17.0 Å². The SMILES string of the molecule is CC(C)Oc1ccc(NS(=O)(=O)Cc2cccc([N+](=O)[O-])c2)cc1. The van der Waals surface area contributed by atoms with E-state index >= 15 is 0 Å². The van der Waals surface area contributed by atoms with E-state index in [4.69, 9.17) is 4.74 Å². The zero-order chi connectivity index (χ0) is 17.7. The van der Waals surface area contributed by atoms with Gasteiger partial charge in [0.1, 0.15) is 5.75 Å². The summed E-state index contributed by atoms with van der Waals surface area (Å²) in [7, 11) is -3.68. The van der Waals surface area contributed by atoms with E-state index in [1.807, 2.05) is 13.8 Å². The lowest BCUT2D eigenvalue weighted by atomic mass is 10.2. The maximum atomic E-state index is 12.2. The molecule has 0 bridgehead atoms. The third-order valence-electron chi connectivity index (χ3n) is 2.98. The van der Waals surface area contributed by atoms with Crippen LogP contribution in [0.4, 0.5) is 11.4 Å². The van der Waals surface area contributed by atoms with Crippen molar-refractivity contribution in [2.75, 3.05) is 4.72 Å². The number of nitro benzene ring substituents is 1. The first kappa shape index (κ1) is 17.7. The summed E-state index contributed by atoms with van der Waals surface area (Å²) in [6, 6.07) is 12.1. The van der Waals surface area contributed by atoms with Crippen LogP contribution in [0.1, 0.15) is 19.4 Å². The van der Waals surface area contributed by atoms with E-state index in [1.165, 1.54) is 24.3 Å². The molecular formula is C16H18N2O5S. The predicted molar refractivity (Wildman–Crippen MR) is 91.5 cm³/mol. The number of nitro groups is 1. The number of rotatable bonds is 7. The van der Waals surface area contributed by atoms with Crippen molar-refractivity contribution in [1.82, 2.24) is 0 Å². The number of nitrogens with one attached hydrogen (secondary N) is 1. The lowest BCUT2D eigenvalue weighted by Gasteiger charge is -2.11. The quantitative estimate of drug-likeness (QED) is 0.610. The zero-order valence-corrected chi connectivity index (χ0v) is 14.1. The smallest absolute Gasteiger partial charge is 0.269 e. The minimum atomic E-state index is -3.68. The molecule has 0 radical (unpaired) electrons. The summed E-state index contributed by atoms with van der Waals surface area (Å²) in [6.45, 7) is 3.80. The van der Waals surface area contributed by atoms with E-state index in [9.17, 15) is 18.5 Å². The van der Waals surface area contributed by atoms with Crippen LogP contribution in [0.2, 0.25) is 0 Å².